The highest BCUT2D eigenvalue weighted by molar-refractivity contribution is 7.92. The summed E-state index contributed by atoms with van der Waals surface area (Å²) in [6.45, 7) is 0.878. The molecule has 1 heterocycles. The maximum absolute atomic E-state index is 11.2. The standard InChI is InChI=1S/C15H19N3O2S/c1-18(12-9-13-7-10-16-11-8-13)15-5-3-14(4-6-15)17-21(2,19)20/h3-8,10-11,17H,9,12H2,1-2H3. The van der Waals surface area contributed by atoms with Gasteiger partial charge in [-0.2, -0.15) is 0 Å². The summed E-state index contributed by atoms with van der Waals surface area (Å²) in [7, 11) is -1.21. The van der Waals surface area contributed by atoms with Crippen LogP contribution in [0.4, 0.5) is 11.4 Å². The van der Waals surface area contributed by atoms with Crippen LogP contribution in [0.2, 0.25) is 0 Å². The summed E-state index contributed by atoms with van der Waals surface area (Å²) in [5.74, 6) is 0. The van der Waals surface area contributed by atoms with Gasteiger partial charge in [0.05, 0.1) is 6.26 Å². The van der Waals surface area contributed by atoms with E-state index in [2.05, 4.69) is 14.6 Å². The van der Waals surface area contributed by atoms with Gasteiger partial charge in [0.2, 0.25) is 10.0 Å². The van der Waals surface area contributed by atoms with Gasteiger partial charge in [-0.25, -0.2) is 8.42 Å². The van der Waals surface area contributed by atoms with E-state index in [-0.39, 0.29) is 0 Å². The van der Waals surface area contributed by atoms with Crippen LogP contribution in [0.5, 0.6) is 0 Å². The number of nitrogens with one attached hydrogen (secondary N) is 1. The molecule has 0 amide bonds. The molecule has 6 heteroatoms. The number of nitrogens with zero attached hydrogens (tertiary/aromatic N) is 2. The van der Waals surface area contributed by atoms with E-state index in [0.717, 1.165) is 24.9 Å². The lowest BCUT2D eigenvalue weighted by Crippen LogP contribution is -2.20. The number of anilines is 2. The number of sulfonamides is 1. The predicted molar refractivity (Wildman–Crippen MR) is 86.1 cm³/mol. The number of pyridine rings is 1. The molecular formula is C15H19N3O2S. The van der Waals surface area contributed by atoms with Gasteiger partial charge < -0.3 is 4.90 Å². The number of likely N-dealkylation sites (N-methyl/N-ethyl adjacent to an activating group) is 1. The summed E-state index contributed by atoms with van der Waals surface area (Å²) in [5.41, 5.74) is 2.86. The predicted octanol–water partition coefficient (Wildman–Crippen LogP) is 2.13. The third-order valence-corrected chi connectivity index (χ3v) is 3.70. The number of aromatic nitrogens is 1. The van der Waals surface area contributed by atoms with Crippen LogP contribution in [0.1, 0.15) is 5.56 Å². The first kappa shape index (κ1) is 15.3. The Morgan fingerprint density at radius 2 is 1.71 bits per heavy atom. The second kappa shape index (κ2) is 6.58. The van der Waals surface area contributed by atoms with Crippen LogP contribution in [0, 0.1) is 0 Å². The minimum absolute atomic E-state index is 0.573. The van der Waals surface area contributed by atoms with Crippen molar-refractivity contribution in [1.29, 1.82) is 0 Å². The molecule has 0 radical (unpaired) electrons. The first-order chi connectivity index (χ1) is 9.94. The highest BCUT2D eigenvalue weighted by Gasteiger charge is 2.04. The summed E-state index contributed by atoms with van der Waals surface area (Å²) in [5, 5.41) is 0. The van der Waals surface area contributed by atoms with Gasteiger partial charge in [-0.3, -0.25) is 9.71 Å². The minimum atomic E-state index is -3.23. The van der Waals surface area contributed by atoms with Gasteiger partial charge in [-0.1, -0.05) is 0 Å². The molecule has 0 spiro atoms. The largest absolute Gasteiger partial charge is 0.374 e. The van der Waals surface area contributed by atoms with Crippen LogP contribution in [0.15, 0.2) is 48.8 Å². The van der Waals surface area contributed by atoms with Crippen molar-refractivity contribution in [3.05, 3.63) is 54.4 Å². The Hall–Kier alpha value is -2.08. The van der Waals surface area contributed by atoms with Crippen molar-refractivity contribution in [2.45, 2.75) is 6.42 Å². The van der Waals surface area contributed by atoms with Crippen LogP contribution in [0.3, 0.4) is 0 Å². The Labute approximate surface area is 125 Å². The Kier molecular flexibility index (Phi) is 4.80. The van der Waals surface area contributed by atoms with Crippen molar-refractivity contribution in [1.82, 2.24) is 4.98 Å². The van der Waals surface area contributed by atoms with E-state index in [9.17, 15) is 8.42 Å². The Bertz CT molecular complexity index is 670. The van der Waals surface area contributed by atoms with E-state index in [0.29, 0.717) is 5.69 Å². The second-order valence-corrected chi connectivity index (χ2v) is 6.70. The van der Waals surface area contributed by atoms with Crippen molar-refractivity contribution in [2.24, 2.45) is 0 Å². The highest BCUT2D eigenvalue weighted by Crippen LogP contribution is 2.17. The molecule has 2 rings (SSSR count). The van der Waals surface area contributed by atoms with E-state index in [1.54, 1.807) is 24.5 Å². The molecule has 0 fully saturated rings. The van der Waals surface area contributed by atoms with Crippen LogP contribution < -0.4 is 9.62 Å². The van der Waals surface area contributed by atoms with E-state index in [1.165, 1.54) is 5.56 Å². The second-order valence-electron chi connectivity index (χ2n) is 4.95. The van der Waals surface area contributed by atoms with E-state index < -0.39 is 10.0 Å². The Morgan fingerprint density at radius 3 is 2.29 bits per heavy atom. The number of rotatable bonds is 6. The fourth-order valence-corrected chi connectivity index (χ4v) is 2.54. The minimum Gasteiger partial charge on any atom is -0.374 e. The van der Waals surface area contributed by atoms with E-state index in [4.69, 9.17) is 0 Å². The molecule has 0 saturated carbocycles. The molecule has 21 heavy (non-hydrogen) atoms. The zero-order valence-electron chi connectivity index (χ0n) is 12.2. The SMILES string of the molecule is CN(CCc1ccncc1)c1ccc(NS(C)(=O)=O)cc1. The Morgan fingerprint density at radius 1 is 1.10 bits per heavy atom. The third-order valence-electron chi connectivity index (χ3n) is 3.10. The first-order valence-corrected chi connectivity index (χ1v) is 8.51. The van der Waals surface area contributed by atoms with Gasteiger partial charge >= 0.3 is 0 Å². The molecule has 112 valence electrons. The molecule has 0 saturated heterocycles. The summed E-state index contributed by atoms with van der Waals surface area (Å²) < 4.78 is 24.8. The lowest BCUT2D eigenvalue weighted by atomic mass is 10.2. The number of hydrogen-bond acceptors (Lipinski definition) is 4. The normalized spacial score (nSPS) is 11.1. The summed E-state index contributed by atoms with van der Waals surface area (Å²) in [4.78, 5) is 6.13. The first-order valence-electron chi connectivity index (χ1n) is 6.62. The van der Waals surface area contributed by atoms with Gasteiger partial charge in [-0.05, 0) is 48.4 Å². The van der Waals surface area contributed by atoms with Crippen LogP contribution >= 0.6 is 0 Å². The van der Waals surface area contributed by atoms with Crippen LogP contribution in [-0.2, 0) is 16.4 Å². The maximum atomic E-state index is 11.2. The lowest BCUT2D eigenvalue weighted by Gasteiger charge is -2.19. The summed E-state index contributed by atoms with van der Waals surface area (Å²) in [6, 6.07) is 11.3. The van der Waals surface area contributed by atoms with Gasteiger partial charge in [0.1, 0.15) is 0 Å². The molecule has 0 atom stereocenters. The smallest absolute Gasteiger partial charge is 0.229 e. The molecule has 0 aliphatic carbocycles. The van der Waals surface area contributed by atoms with E-state index in [1.807, 2.05) is 31.3 Å². The van der Waals surface area contributed by atoms with Crippen molar-refractivity contribution in [2.75, 3.05) is 29.5 Å². The quantitative estimate of drug-likeness (QED) is 0.888. The van der Waals surface area contributed by atoms with Gasteiger partial charge in [0.25, 0.3) is 0 Å². The molecule has 1 N–H and O–H groups in total. The lowest BCUT2D eigenvalue weighted by molar-refractivity contribution is 0.607. The number of hydrogen-bond donors (Lipinski definition) is 1. The fourth-order valence-electron chi connectivity index (χ4n) is 1.97. The molecule has 1 aromatic carbocycles. The molecule has 0 aliphatic heterocycles. The Balaban J connectivity index is 1.95. The average molecular weight is 305 g/mol. The van der Waals surface area contributed by atoms with Crippen molar-refractivity contribution >= 4 is 21.4 Å². The third kappa shape index (κ3) is 5.07. The van der Waals surface area contributed by atoms with Crippen molar-refractivity contribution in [3.8, 4) is 0 Å². The van der Waals surface area contributed by atoms with Crippen molar-refractivity contribution in [3.63, 3.8) is 0 Å². The molecule has 0 aliphatic rings. The van der Waals surface area contributed by atoms with Crippen molar-refractivity contribution < 1.29 is 8.42 Å². The topological polar surface area (TPSA) is 62.3 Å². The zero-order chi connectivity index (χ0) is 15.3. The van der Waals surface area contributed by atoms with Crippen LogP contribution in [0.25, 0.3) is 0 Å². The molecule has 5 nitrogen and oxygen atoms in total. The average Bonchev–Trinajstić information content (AvgIpc) is 2.45. The molecule has 0 unspecified atom stereocenters. The molecule has 1 aromatic heterocycles. The van der Waals surface area contributed by atoms with E-state index >= 15 is 0 Å². The maximum Gasteiger partial charge on any atom is 0.229 e. The highest BCUT2D eigenvalue weighted by atomic mass is 32.2. The molecular weight excluding hydrogens is 286 g/mol. The van der Waals surface area contributed by atoms with Gasteiger partial charge in [-0.15, -0.1) is 0 Å². The molecule has 0 bridgehead atoms. The monoisotopic (exact) mass is 305 g/mol. The summed E-state index contributed by atoms with van der Waals surface area (Å²) >= 11 is 0. The van der Waals surface area contributed by atoms with Gasteiger partial charge in [0, 0.05) is 37.4 Å². The summed E-state index contributed by atoms with van der Waals surface area (Å²) in [6.07, 6.45) is 5.66. The zero-order valence-corrected chi connectivity index (χ0v) is 13.0. The molecule has 2 aromatic rings. The van der Waals surface area contributed by atoms with Crippen LogP contribution in [-0.4, -0.2) is 33.2 Å². The van der Waals surface area contributed by atoms with Gasteiger partial charge in [0.15, 0.2) is 0 Å². The fraction of sp³-hybridized carbons (Fsp3) is 0.267. The number of benzene rings is 1.